The number of benzene rings is 1. The zero-order valence-corrected chi connectivity index (χ0v) is 23.1. The van der Waals surface area contributed by atoms with Gasteiger partial charge in [-0.3, -0.25) is 0 Å². The fourth-order valence-electron chi connectivity index (χ4n) is 2.54. The molecule has 0 saturated carbocycles. The van der Waals surface area contributed by atoms with Crippen LogP contribution >= 0.6 is 50.5 Å². The Bertz CT molecular complexity index is 1120. The van der Waals surface area contributed by atoms with Gasteiger partial charge in [0.25, 0.3) is 0 Å². The minimum absolute atomic E-state index is 0.232. The molecule has 34 heavy (non-hydrogen) atoms. The van der Waals surface area contributed by atoms with Crippen molar-refractivity contribution in [3.8, 4) is 21.1 Å². The molecule has 0 spiro atoms. The van der Waals surface area contributed by atoms with E-state index in [2.05, 4.69) is 26.0 Å². The number of hydrogen-bond donors (Lipinski definition) is 0. The molecular weight excluding hydrogens is 577 g/mol. The Balaban J connectivity index is 0.000000493. The smallest absolute Gasteiger partial charge is 0.248 e. The number of thiophene rings is 1. The molecule has 3 aromatic rings. The molecule has 0 N–H and O–H groups in total. The average Bonchev–Trinajstić information content (AvgIpc) is 3.27. The van der Waals surface area contributed by atoms with Crippen molar-refractivity contribution in [1.82, 2.24) is 14.8 Å². The SMILES string of the molecule is C/C=C\C(F)=C/CCl.CC.Cc1nc(-c2sc(-c3ccc(C(F)(F)F)cc3)c(Br)c2Cl)n(C)n1. The lowest BCUT2D eigenvalue weighted by molar-refractivity contribution is -0.137. The van der Waals surface area contributed by atoms with Crippen LogP contribution < -0.4 is 0 Å². The first kappa shape index (κ1) is 30.4. The van der Waals surface area contributed by atoms with Gasteiger partial charge in [-0.05, 0) is 59.6 Å². The van der Waals surface area contributed by atoms with Crippen LogP contribution in [0.2, 0.25) is 5.02 Å². The number of aromatic nitrogens is 3. The van der Waals surface area contributed by atoms with Gasteiger partial charge in [0.1, 0.15) is 11.7 Å². The Hall–Kier alpha value is -1.68. The van der Waals surface area contributed by atoms with Crippen LogP contribution in [0.25, 0.3) is 21.1 Å². The van der Waals surface area contributed by atoms with Crippen molar-refractivity contribution in [3.63, 3.8) is 0 Å². The van der Waals surface area contributed by atoms with Gasteiger partial charge >= 0.3 is 6.18 Å². The second-order valence-electron chi connectivity index (χ2n) is 6.31. The second kappa shape index (κ2) is 14.0. The van der Waals surface area contributed by atoms with Gasteiger partial charge in [0, 0.05) is 12.9 Å². The van der Waals surface area contributed by atoms with Crippen molar-refractivity contribution < 1.29 is 17.6 Å². The molecule has 0 unspecified atom stereocenters. The number of nitrogens with zero attached hydrogens (tertiary/aromatic N) is 3. The molecule has 0 aliphatic carbocycles. The maximum Gasteiger partial charge on any atom is 0.416 e. The summed E-state index contributed by atoms with van der Waals surface area (Å²) in [5.74, 6) is 1.18. The summed E-state index contributed by atoms with van der Waals surface area (Å²) >= 11 is 16.3. The summed E-state index contributed by atoms with van der Waals surface area (Å²) in [5.41, 5.74) is -0.0407. The number of rotatable bonds is 4. The molecule has 0 bridgehead atoms. The fourth-order valence-corrected chi connectivity index (χ4v) is 4.95. The molecular formula is C23H24BrCl2F4N3S. The van der Waals surface area contributed by atoms with Crippen molar-refractivity contribution in [2.24, 2.45) is 7.05 Å². The van der Waals surface area contributed by atoms with Gasteiger partial charge < -0.3 is 0 Å². The fraction of sp³-hybridized carbons (Fsp3) is 0.304. The average molecular weight is 601 g/mol. The predicted molar refractivity (Wildman–Crippen MR) is 138 cm³/mol. The van der Waals surface area contributed by atoms with Crippen molar-refractivity contribution in [1.29, 1.82) is 0 Å². The van der Waals surface area contributed by atoms with Crippen molar-refractivity contribution in [2.45, 2.75) is 33.9 Å². The highest BCUT2D eigenvalue weighted by molar-refractivity contribution is 9.10. The minimum atomic E-state index is -4.36. The van der Waals surface area contributed by atoms with Crippen LogP contribution in [0.3, 0.4) is 0 Å². The van der Waals surface area contributed by atoms with Gasteiger partial charge in [0.2, 0.25) is 0 Å². The van der Waals surface area contributed by atoms with E-state index in [4.69, 9.17) is 23.2 Å². The summed E-state index contributed by atoms with van der Waals surface area (Å²) in [6.07, 6.45) is -0.0630. The molecule has 3 rings (SSSR count). The summed E-state index contributed by atoms with van der Waals surface area (Å²) in [6, 6.07) is 4.98. The Morgan fingerprint density at radius 3 is 2.21 bits per heavy atom. The normalized spacial score (nSPS) is 11.7. The molecule has 0 radical (unpaired) electrons. The van der Waals surface area contributed by atoms with Crippen LogP contribution in [0.5, 0.6) is 0 Å². The quantitative estimate of drug-likeness (QED) is 0.169. The molecule has 2 heterocycles. The van der Waals surface area contributed by atoms with Crippen LogP contribution in [0.1, 0.15) is 32.2 Å². The Morgan fingerprint density at radius 1 is 1.18 bits per heavy atom. The van der Waals surface area contributed by atoms with Gasteiger partial charge in [-0.1, -0.05) is 43.7 Å². The second-order valence-corrected chi connectivity index (χ2v) is 8.81. The molecule has 2 aromatic heterocycles. The molecule has 11 heteroatoms. The van der Waals surface area contributed by atoms with Crippen LogP contribution in [0, 0.1) is 6.92 Å². The summed E-state index contributed by atoms with van der Waals surface area (Å²) in [5, 5.41) is 4.66. The lowest BCUT2D eigenvalue weighted by atomic mass is 10.1. The molecule has 0 fully saturated rings. The highest BCUT2D eigenvalue weighted by Crippen LogP contribution is 2.47. The van der Waals surface area contributed by atoms with E-state index < -0.39 is 11.7 Å². The van der Waals surface area contributed by atoms with Gasteiger partial charge in [0.15, 0.2) is 5.82 Å². The van der Waals surface area contributed by atoms with E-state index in [0.717, 1.165) is 17.0 Å². The zero-order valence-electron chi connectivity index (χ0n) is 19.1. The first-order valence-electron chi connectivity index (χ1n) is 10.1. The van der Waals surface area contributed by atoms with Crippen molar-refractivity contribution >= 4 is 50.5 Å². The Kier molecular flexibility index (Phi) is 12.5. The maximum absolute atomic E-state index is 12.7. The number of aryl methyl sites for hydroxylation is 2. The Morgan fingerprint density at radius 2 is 1.76 bits per heavy atom. The highest BCUT2D eigenvalue weighted by Gasteiger charge is 2.30. The number of halogens is 7. The predicted octanol–water partition coefficient (Wildman–Crippen LogP) is 9.63. The first-order chi connectivity index (χ1) is 16.0. The molecule has 0 atom stereocenters. The number of hydrogen-bond acceptors (Lipinski definition) is 3. The third-order valence-corrected chi connectivity index (χ3v) is 7.10. The highest BCUT2D eigenvalue weighted by atomic mass is 79.9. The first-order valence-corrected chi connectivity index (χ1v) is 12.6. The van der Waals surface area contributed by atoms with E-state index in [0.29, 0.717) is 31.6 Å². The molecule has 0 aliphatic rings. The van der Waals surface area contributed by atoms with E-state index in [-0.39, 0.29) is 11.7 Å². The van der Waals surface area contributed by atoms with Crippen LogP contribution in [-0.4, -0.2) is 20.6 Å². The standard InChI is InChI=1S/C15H10BrClF3N3S.C6H8ClF.C2H6/c1-7-21-14(23(2)22-7)13-11(17)10(16)12(24-13)8-3-5-9(6-4-8)15(18,19)20;1-2-3-6(8)4-5-7;1-2/h3-6H,1-2H3;2-4H,5H2,1H3;1-2H3/b;3-2-,6-4+;. The van der Waals surface area contributed by atoms with E-state index in [1.54, 1.807) is 31.7 Å². The molecule has 3 nitrogen and oxygen atoms in total. The zero-order chi connectivity index (χ0) is 26.1. The monoisotopic (exact) mass is 599 g/mol. The lowest BCUT2D eigenvalue weighted by Crippen LogP contribution is -2.03. The van der Waals surface area contributed by atoms with E-state index >= 15 is 0 Å². The van der Waals surface area contributed by atoms with Crippen LogP contribution in [-0.2, 0) is 13.2 Å². The van der Waals surface area contributed by atoms with Gasteiger partial charge in [0.05, 0.1) is 24.8 Å². The number of alkyl halides is 4. The lowest BCUT2D eigenvalue weighted by Gasteiger charge is -2.07. The van der Waals surface area contributed by atoms with Crippen molar-refractivity contribution in [3.05, 3.63) is 69.2 Å². The molecule has 0 saturated heterocycles. The third kappa shape index (κ3) is 8.22. The summed E-state index contributed by atoms with van der Waals surface area (Å²) in [6.45, 7) is 7.53. The molecule has 0 aliphatic heterocycles. The third-order valence-electron chi connectivity index (χ3n) is 3.94. The van der Waals surface area contributed by atoms with Gasteiger partial charge in [-0.25, -0.2) is 14.1 Å². The van der Waals surface area contributed by atoms with Gasteiger partial charge in [-0.15, -0.1) is 22.9 Å². The van der Waals surface area contributed by atoms with E-state index in [9.17, 15) is 17.6 Å². The van der Waals surface area contributed by atoms with Crippen LogP contribution in [0.4, 0.5) is 17.6 Å². The van der Waals surface area contributed by atoms with E-state index in [1.165, 1.54) is 35.6 Å². The van der Waals surface area contributed by atoms with Crippen molar-refractivity contribution in [2.75, 3.05) is 5.88 Å². The Labute approximate surface area is 219 Å². The molecule has 186 valence electrons. The van der Waals surface area contributed by atoms with Gasteiger partial charge in [-0.2, -0.15) is 18.3 Å². The molecule has 1 aromatic carbocycles. The van der Waals surface area contributed by atoms with Crippen LogP contribution in [0.15, 0.2) is 52.8 Å². The summed E-state index contributed by atoms with van der Waals surface area (Å²) < 4.78 is 52.4. The molecule has 0 amide bonds. The summed E-state index contributed by atoms with van der Waals surface area (Å²) in [7, 11) is 1.76. The topological polar surface area (TPSA) is 30.7 Å². The largest absolute Gasteiger partial charge is 0.416 e. The maximum atomic E-state index is 12.7. The van der Waals surface area contributed by atoms with E-state index in [1.807, 2.05) is 13.8 Å². The number of allylic oxidation sites excluding steroid dienone is 4. The minimum Gasteiger partial charge on any atom is -0.248 e. The summed E-state index contributed by atoms with van der Waals surface area (Å²) in [4.78, 5) is 5.79.